The first kappa shape index (κ1) is 18.7. The highest BCUT2D eigenvalue weighted by Gasteiger charge is 2.28. The maximum Gasteiger partial charge on any atom is 0.123 e. The van der Waals surface area contributed by atoms with E-state index in [4.69, 9.17) is 4.74 Å². The molecule has 0 N–H and O–H groups in total. The Morgan fingerprint density at radius 3 is 2.52 bits per heavy atom. The van der Waals surface area contributed by atoms with E-state index in [1.165, 1.54) is 70.6 Å². The van der Waals surface area contributed by atoms with Crippen molar-refractivity contribution in [1.82, 2.24) is 14.7 Å². The predicted octanol–water partition coefficient (Wildman–Crippen LogP) is 3.25. The van der Waals surface area contributed by atoms with Gasteiger partial charge >= 0.3 is 0 Å². The second-order valence-electron chi connectivity index (χ2n) is 7.76. The zero-order valence-electron chi connectivity index (χ0n) is 16.3. The third kappa shape index (κ3) is 4.75. The van der Waals surface area contributed by atoms with Gasteiger partial charge in [-0.1, -0.05) is 18.2 Å². The molecule has 2 heterocycles. The molecule has 1 aromatic rings. The molecule has 0 amide bonds. The second-order valence-corrected chi connectivity index (χ2v) is 7.76. The van der Waals surface area contributed by atoms with E-state index < -0.39 is 0 Å². The summed E-state index contributed by atoms with van der Waals surface area (Å²) in [6.45, 7) is 13.2. The molecule has 0 bridgehead atoms. The Balaban J connectivity index is 1.47. The monoisotopic (exact) mass is 345 g/mol. The molecule has 1 unspecified atom stereocenters. The topological polar surface area (TPSA) is 19.0 Å². The lowest BCUT2D eigenvalue weighted by Crippen LogP contribution is -2.49. The Bertz CT molecular complexity index is 526. The number of nitrogens with zero attached hydrogens (tertiary/aromatic N) is 3. The van der Waals surface area contributed by atoms with Crippen LogP contribution in [0.2, 0.25) is 0 Å². The fourth-order valence-electron chi connectivity index (χ4n) is 4.39. The van der Waals surface area contributed by atoms with Crippen molar-refractivity contribution in [2.24, 2.45) is 0 Å². The van der Waals surface area contributed by atoms with E-state index in [9.17, 15) is 0 Å². The molecular formula is C21H35N3O. The van der Waals surface area contributed by atoms with Crippen molar-refractivity contribution in [1.29, 1.82) is 0 Å². The second kappa shape index (κ2) is 9.02. The molecule has 0 aromatic heterocycles. The van der Waals surface area contributed by atoms with Gasteiger partial charge in [0.1, 0.15) is 5.75 Å². The van der Waals surface area contributed by atoms with Crippen LogP contribution in [0.5, 0.6) is 5.75 Å². The summed E-state index contributed by atoms with van der Waals surface area (Å²) in [5.74, 6) is 1.05. The molecule has 0 saturated carbocycles. The molecule has 0 radical (unpaired) electrons. The van der Waals surface area contributed by atoms with E-state index in [-0.39, 0.29) is 0 Å². The Labute approximate surface area is 153 Å². The van der Waals surface area contributed by atoms with Crippen molar-refractivity contribution >= 4 is 0 Å². The van der Waals surface area contributed by atoms with E-state index in [1.807, 2.05) is 0 Å². The summed E-state index contributed by atoms with van der Waals surface area (Å²) >= 11 is 0. The van der Waals surface area contributed by atoms with Crippen LogP contribution in [0, 0.1) is 0 Å². The zero-order chi connectivity index (χ0) is 17.6. The van der Waals surface area contributed by atoms with Crippen LogP contribution in [0.1, 0.15) is 44.7 Å². The van der Waals surface area contributed by atoms with Crippen LogP contribution in [0.4, 0.5) is 0 Å². The van der Waals surface area contributed by atoms with Crippen LogP contribution >= 0.6 is 0 Å². The lowest BCUT2D eigenvalue weighted by molar-refractivity contribution is 0.104. The molecule has 0 spiro atoms. The summed E-state index contributed by atoms with van der Waals surface area (Å²) in [5, 5.41) is 0. The average molecular weight is 346 g/mol. The molecule has 2 aliphatic rings. The number of hydrogen-bond acceptors (Lipinski definition) is 4. The zero-order valence-corrected chi connectivity index (χ0v) is 16.3. The molecule has 1 aromatic carbocycles. The van der Waals surface area contributed by atoms with Gasteiger partial charge in [-0.15, -0.1) is 0 Å². The van der Waals surface area contributed by atoms with Crippen molar-refractivity contribution in [3.05, 3.63) is 29.8 Å². The number of hydrogen-bond donors (Lipinski definition) is 0. The molecule has 2 saturated heterocycles. The van der Waals surface area contributed by atoms with E-state index in [0.29, 0.717) is 12.1 Å². The summed E-state index contributed by atoms with van der Waals surface area (Å²) in [7, 11) is 1.79. The molecule has 25 heavy (non-hydrogen) atoms. The van der Waals surface area contributed by atoms with E-state index in [1.54, 1.807) is 7.11 Å². The summed E-state index contributed by atoms with van der Waals surface area (Å²) in [5.41, 5.74) is 1.37. The fraction of sp³-hybridized carbons (Fsp3) is 0.714. The van der Waals surface area contributed by atoms with Gasteiger partial charge in [0, 0.05) is 43.8 Å². The largest absolute Gasteiger partial charge is 0.496 e. The highest BCUT2D eigenvalue weighted by Crippen LogP contribution is 2.36. The van der Waals surface area contributed by atoms with Crippen LogP contribution < -0.4 is 4.74 Å². The fourth-order valence-corrected chi connectivity index (χ4v) is 4.39. The molecule has 140 valence electrons. The van der Waals surface area contributed by atoms with Gasteiger partial charge in [-0.2, -0.15) is 0 Å². The van der Waals surface area contributed by atoms with Gasteiger partial charge in [0.05, 0.1) is 7.11 Å². The Hall–Kier alpha value is -1.10. The SMILES string of the molecule is COc1ccccc1C1CCCN1CCCN1CCN(C(C)C)CC1. The van der Waals surface area contributed by atoms with Gasteiger partial charge in [0.15, 0.2) is 0 Å². The molecule has 2 aliphatic heterocycles. The van der Waals surface area contributed by atoms with Crippen molar-refractivity contribution in [3.8, 4) is 5.75 Å². The third-order valence-electron chi connectivity index (χ3n) is 5.92. The predicted molar refractivity (Wildman–Crippen MR) is 104 cm³/mol. The van der Waals surface area contributed by atoms with Gasteiger partial charge < -0.3 is 9.64 Å². The van der Waals surface area contributed by atoms with Gasteiger partial charge in [-0.25, -0.2) is 0 Å². The number of likely N-dealkylation sites (tertiary alicyclic amines) is 1. The van der Waals surface area contributed by atoms with Crippen LogP contribution in [-0.4, -0.2) is 73.7 Å². The normalized spacial score (nSPS) is 23.4. The minimum atomic E-state index is 0.536. The highest BCUT2D eigenvalue weighted by molar-refractivity contribution is 5.36. The quantitative estimate of drug-likeness (QED) is 0.755. The van der Waals surface area contributed by atoms with Gasteiger partial charge in [-0.3, -0.25) is 9.80 Å². The first-order valence-corrected chi connectivity index (χ1v) is 10.0. The third-order valence-corrected chi connectivity index (χ3v) is 5.92. The molecule has 2 fully saturated rings. The van der Waals surface area contributed by atoms with E-state index in [2.05, 4.69) is 52.8 Å². The molecule has 1 atom stereocenters. The maximum atomic E-state index is 5.60. The summed E-state index contributed by atoms with van der Waals surface area (Å²) in [6, 6.07) is 9.77. The van der Waals surface area contributed by atoms with Crippen LogP contribution in [0.25, 0.3) is 0 Å². The molecule has 4 nitrogen and oxygen atoms in total. The minimum absolute atomic E-state index is 0.536. The Morgan fingerprint density at radius 1 is 1.04 bits per heavy atom. The highest BCUT2D eigenvalue weighted by atomic mass is 16.5. The smallest absolute Gasteiger partial charge is 0.123 e. The van der Waals surface area contributed by atoms with Crippen molar-refractivity contribution in [2.75, 3.05) is 52.9 Å². The number of piperazine rings is 1. The van der Waals surface area contributed by atoms with E-state index >= 15 is 0 Å². The Morgan fingerprint density at radius 2 is 1.80 bits per heavy atom. The summed E-state index contributed by atoms with van der Waals surface area (Å²) in [4.78, 5) is 7.91. The van der Waals surface area contributed by atoms with Crippen molar-refractivity contribution in [2.45, 2.75) is 45.2 Å². The summed E-state index contributed by atoms with van der Waals surface area (Å²) < 4.78 is 5.60. The van der Waals surface area contributed by atoms with E-state index in [0.717, 1.165) is 5.75 Å². The molecule has 3 rings (SSSR count). The standard InChI is InChI=1S/C21H35N3O/c1-18(2)23-16-14-22(15-17-23)11-7-13-24-12-6-9-20(24)19-8-4-5-10-21(19)25-3/h4-5,8,10,18,20H,6-7,9,11-17H2,1-3H3. The maximum absolute atomic E-state index is 5.60. The molecule has 4 heteroatoms. The average Bonchev–Trinajstić information content (AvgIpc) is 3.10. The number of benzene rings is 1. The van der Waals surface area contributed by atoms with Crippen LogP contribution in [0.3, 0.4) is 0 Å². The summed E-state index contributed by atoms with van der Waals surface area (Å²) in [6.07, 6.45) is 3.83. The van der Waals surface area contributed by atoms with Crippen LogP contribution in [-0.2, 0) is 0 Å². The Kier molecular flexibility index (Phi) is 6.74. The lowest BCUT2D eigenvalue weighted by Gasteiger charge is -2.37. The van der Waals surface area contributed by atoms with Gasteiger partial charge in [-0.05, 0) is 58.8 Å². The van der Waals surface area contributed by atoms with Crippen LogP contribution in [0.15, 0.2) is 24.3 Å². The number of para-hydroxylation sites is 1. The number of methoxy groups -OCH3 is 1. The number of rotatable bonds is 7. The van der Waals surface area contributed by atoms with Crippen molar-refractivity contribution in [3.63, 3.8) is 0 Å². The number of ether oxygens (including phenoxy) is 1. The van der Waals surface area contributed by atoms with Gasteiger partial charge in [0.25, 0.3) is 0 Å². The minimum Gasteiger partial charge on any atom is -0.496 e. The first-order chi connectivity index (χ1) is 12.2. The molecular weight excluding hydrogens is 310 g/mol. The molecule has 0 aliphatic carbocycles. The first-order valence-electron chi connectivity index (χ1n) is 10.0. The van der Waals surface area contributed by atoms with Crippen molar-refractivity contribution < 1.29 is 4.74 Å². The lowest BCUT2D eigenvalue weighted by atomic mass is 10.0. The van der Waals surface area contributed by atoms with Gasteiger partial charge in [0.2, 0.25) is 0 Å².